The average Bonchev–Trinajstić information content (AvgIpc) is 3.01. The second-order valence-corrected chi connectivity index (χ2v) is 5.28. The topological polar surface area (TPSA) is 40.7 Å². The van der Waals surface area contributed by atoms with Crippen molar-refractivity contribution in [2.45, 2.75) is 18.9 Å². The van der Waals surface area contributed by atoms with E-state index >= 15 is 0 Å². The molecule has 1 atom stereocenters. The van der Waals surface area contributed by atoms with Crippen LogP contribution in [0.3, 0.4) is 0 Å². The van der Waals surface area contributed by atoms with Gasteiger partial charge in [0.1, 0.15) is 5.82 Å². The minimum Gasteiger partial charge on any atom is -0.341 e. The predicted molar refractivity (Wildman–Crippen MR) is 74.0 cm³/mol. The molecule has 1 fully saturated rings. The molecule has 1 aromatic heterocycles. The van der Waals surface area contributed by atoms with Crippen LogP contribution in [0.4, 0.5) is 0 Å². The predicted octanol–water partition coefficient (Wildman–Crippen LogP) is 3.81. The summed E-state index contributed by atoms with van der Waals surface area (Å²) >= 11 is 11.9. The zero-order chi connectivity index (χ0) is 12.5. The standard InChI is InChI=1S/C13H13Cl2N3/c14-9-4-3-8(6-10(9)15)13-17-7-12(18-13)11-2-1-5-16-11/h3-4,6-7,11,16H,1-2,5H2,(H,17,18). The van der Waals surface area contributed by atoms with E-state index in [1.807, 2.05) is 18.3 Å². The molecule has 0 radical (unpaired) electrons. The molecule has 0 bridgehead atoms. The highest BCUT2D eigenvalue weighted by Crippen LogP contribution is 2.28. The Balaban J connectivity index is 1.89. The van der Waals surface area contributed by atoms with Gasteiger partial charge in [0.25, 0.3) is 0 Å². The lowest BCUT2D eigenvalue weighted by Crippen LogP contribution is -2.12. The summed E-state index contributed by atoms with van der Waals surface area (Å²) in [7, 11) is 0. The number of aromatic amines is 1. The molecule has 0 amide bonds. The highest BCUT2D eigenvalue weighted by molar-refractivity contribution is 6.42. The minimum absolute atomic E-state index is 0.397. The summed E-state index contributed by atoms with van der Waals surface area (Å²) in [6, 6.07) is 5.93. The van der Waals surface area contributed by atoms with Gasteiger partial charge in [-0.1, -0.05) is 23.2 Å². The molecular weight excluding hydrogens is 269 g/mol. The van der Waals surface area contributed by atoms with E-state index in [0.29, 0.717) is 16.1 Å². The second-order valence-electron chi connectivity index (χ2n) is 4.46. The van der Waals surface area contributed by atoms with Crippen LogP contribution >= 0.6 is 23.2 Å². The molecule has 1 aliphatic rings. The van der Waals surface area contributed by atoms with Crippen molar-refractivity contribution in [2.24, 2.45) is 0 Å². The Labute approximate surface area is 116 Å². The van der Waals surface area contributed by atoms with Gasteiger partial charge in [-0.2, -0.15) is 0 Å². The number of rotatable bonds is 2. The summed E-state index contributed by atoms with van der Waals surface area (Å²) in [4.78, 5) is 7.75. The molecular formula is C13H13Cl2N3. The number of nitrogens with one attached hydrogen (secondary N) is 2. The van der Waals surface area contributed by atoms with Crippen molar-refractivity contribution in [1.29, 1.82) is 0 Å². The molecule has 2 N–H and O–H groups in total. The lowest BCUT2D eigenvalue weighted by Gasteiger charge is -2.06. The van der Waals surface area contributed by atoms with E-state index in [2.05, 4.69) is 15.3 Å². The van der Waals surface area contributed by atoms with Crippen LogP contribution in [0.2, 0.25) is 10.0 Å². The van der Waals surface area contributed by atoms with E-state index in [-0.39, 0.29) is 0 Å². The van der Waals surface area contributed by atoms with Crippen molar-refractivity contribution in [2.75, 3.05) is 6.54 Å². The Kier molecular flexibility index (Phi) is 3.29. The SMILES string of the molecule is Clc1ccc(-c2ncc(C3CCCN3)[nH]2)cc1Cl. The van der Waals surface area contributed by atoms with Crippen molar-refractivity contribution in [3.05, 3.63) is 40.1 Å². The maximum atomic E-state index is 6.01. The third-order valence-corrected chi connectivity index (χ3v) is 3.96. The first-order valence-corrected chi connectivity index (χ1v) is 6.73. The van der Waals surface area contributed by atoms with Gasteiger partial charge in [-0.15, -0.1) is 0 Å². The van der Waals surface area contributed by atoms with E-state index in [0.717, 1.165) is 30.0 Å². The fraction of sp³-hybridized carbons (Fsp3) is 0.308. The summed E-state index contributed by atoms with van der Waals surface area (Å²) in [6.07, 6.45) is 4.26. The number of hydrogen-bond donors (Lipinski definition) is 2. The molecule has 2 heterocycles. The normalized spacial score (nSPS) is 19.3. The lowest BCUT2D eigenvalue weighted by atomic mass is 10.2. The third-order valence-electron chi connectivity index (χ3n) is 3.22. The first kappa shape index (κ1) is 12.0. The second kappa shape index (κ2) is 4.92. The Morgan fingerprint density at radius 1 is 1.22 bits per heavy atom. The van der Waals surface area contributed by atoms with Gasteiger partial charge in [0.05, 0.1) is 21.9 Å². The number of hydrogen-bond acceptors (Lipinski definition) is 2. The molecule has 3 nitrogen and oxygen atoms in total. The van der Waals surface area contributed by atoms with Crippen LogP contribution in [-0.2, 0) is 0 Å². The van der Waals surface area contributed by atoms with E-state index in [1.165, 1.54) is 6.42 Å². The summed E-state index contributed by atoms with van der Waals surface area (Å²) in [6.45, 7) is 1.08. The Morgan fingerprint density at radius 2 is 2.11 bits per heavy atom. The largest absolute Gasteiger partial charge is 0.341 e. The molecule has 5 heteroatoms. The van der Waals surface area contributed by atoms with Crippen molar-refractivity contribution in [3.63, 3.8) is 0 Å². The van der Waals surface area contributed by atoms with Crippen LogP contribution in [0, 0.1) is 0 Å². The number of halogens is 2. The first-order valence-electron chi connectivity index (χ1n) is 5.98. The molecule has 18 heavy (non-hydrogen) atoms. The van der Waals surface area contributed by atoms with Crippen LogP contribution in [0.5, 0.6) is 0 Å². The van der Waals surface area contributed by atoms with Crippen molar-refractivity contribution < 1.29 is 0 Å². The number of benzene rings is 1. The number of H-pyrrole nitrogens is 1. The van der Waals surface area contributed by atoms with Crippen molar-refractivity contribution in [1.82, 2.24) is 15.3 Å². The Morgan fingerprint density at radius 3 is 2.83 bits per heavy atom. The van der Waals surface area contributed by atoms with E-state index < -0.39 is 0 Å². The van der Waals surface area contributed by atoms with Gasteiger partial charge in [-0.25, -0.2) is 4.98 Å². The monoisotopic (exact) mass is 281 g/mol. The smallest absolute Gasteiger partial charge is 0.137 e. The van der Waals surface area contributed by atoms with Gasteiger partial charge in [0, 0.05) is 11.6 Å². The van der Waals surface area contributed by atoms with Crippen molar-refractivity contribution >= 4 is 23.2 Å². The van der Waals surface area contributed by atoms with Crippen LogP contribution < -0.4 is 5.32 Å². The van der Waals surface area contributed by atoms with Crippen LogP contribution in [0.15, 0.2) is 24.4 Å². The van der Waals surface area contributed by atoms with Gasteiger partial charge < -0.3 is 10.3 Å². The minimum atomic E-state index is 0.397. The van der Waals surface area contributed by atoms with Crippen LogP contribution in [0.25, 0.3) is 11.4 Å². The number of nitrogens with zero attached hydrogens (tertiary/aromatic N) is 1. The summed E-state index contributed by atoms with van der Waals surface area (Å²) in [5.41, 5.74) is 2.09. The summed E-state index contributed by atoms with van der Waals surface area (Å²) in [5, 5.41) is 4.55. The zero-order valence-corrected chi connectivity index (χ0v) is 11.2. The molecule has 1 aliphatic heterocycles. The number of imidazole rings is 1. The Hall–Kier alpha value is -1.03. The van der Waals surface area contributed by atoms with Gasteiger partial charge >= 0.3 is 0 Å². The first-order chi connectivity index (χ1) is 8.74. The molecule has 0 spiro atoms. The quantitative estimate of drug-likeness (QED) is 0.879. The van der Waals surface area contributed by atoms with Gasteiger partial charge in [0.2, 0.25) is 0 Å². The molecule has 1 unspecified atom stereocenters. The Bertz CT molecular complexity index is 559. The fourth-order valence-corrected chi connectivity index (χ4v) is 2.55. The molecule has 2 aromatic rings. The maximum absolute atomic E-state index is 6.01. The van der Waals surface area contributed by atoms with Crippen molar-refractivity contribution in [3.8, 4) is 11.4 Å². The summed E-state index contributed by atoms with van der Waals surface area (Å²) in [5.74, 6) is 0.831. The zero-order valence-electron chi connectivity index (χ0n) is 9.71. The molecule has 94 valence electrons. The van der Waals surface area contributed by atoms with Gasteiger partial charge in [0.15, 0.2) is 0 Å². The fourth-order valence-electron chi connectivity index (χ4n) is 2.25. The van der Waals surface area contributed by atoms with Gasteiger partial charge in [-0.05, 0) is 37.6 Å². The lowest BCUT2D eigenvalue weighted by molar-refractivity contribution is 0.632. The van der Waals surface area contributed by atoms with Gasteiger partial charge in [-0.3, -0.25) is 0 Å². The van der Waals surface area contributed by atoms with Crippen LogP contribution in [-0.4, -0.2) is 16.5 Å². The molecule has 3 rings (SSSR count). The maximum Gasteiger partial charge on any atom is 0.137 e. The third kappa shape index (κ3) is 2.26. The molecule has 0 aliphatic carbocycles. The average molecular weight is 282 g/mol. The molecule has 1 aromatic carbocycles. The summed E-state index contributed by atoms with van der Waals surface area (Å²) < 4.78 is 0. The van der Waals surface area contributed by atoms with Crippen LogP contribution in [0.1, 0.15) is 24.6 Å². The number of aromatic nitrogens is 2. The molecule has 0 saturated carbocycles. The van der Waals surface area contributed by atoms with E-state index in [4.69, 9.17) is 23.2 Å². The highest BCUT2D eigenvalue weighted by Gasteiger charge is 2.18. The van der Waals surface area contributed by atoms with E-state index in [1.54, 1.807) is 6.07 Å². The van der Waals surface area contributed by atoms with E-state index in [9.17, 15) is 0 Å². The molecule has 1 saturated heterocycles. The highest BCUT2D eigenvalue weighted by atomic mass is 35.5.